The van der Waals surface area contributed by atoms with Crippen LogP contribution in [0.2, 0.25) is 0 Å². The zero-order chi connectivity index (χ0) is 12.6. The van der Waals surface area contributed by atoms with Crippen molar-refractivity contribution in [1.29, 1.82) is 0 Å². The lowest BCUT2D eigenvalue weighted by Crippen LogP contribution is -2.36. The Balaban J connectivity index is 4.59. The Labute approximate surface area is 124 Å². The highest BCUT2D eigenvalue weighted by Gasteiger charge is 2.19. The Bertz CT molecular complexity index is 346. The second kappa shape index (κ2) is 8.94. The first kappa shape index (κ1) is 15.9. The Morgan fingerprint density at radius 1 is 1.56 bits per heavy atom. The van der Waals surface area contributed by atoms with E-state index in [2.05, 4.69) is 44.3 Å². The summed E-state index contributed by atoms with van der Waals surface area (Å²) in [6.45, 7) is 4.44. The molecule has 0 aliphatic heterocycles. The van der Waals surface area contributed by atoms with Crippen molar-refractivity contribution < 1.29 is 9.90 Å². The van der Waals surface area contributed by atoms with E-state index in [0.29, 0.717) is 10.5 Å². The number of alkyl halides is 1. The first-order valence-corrected chi connectivity index (χ1v) is 6.98. The maximum atomic E-state index is 11.0. The van der Waals surface area contributed by atoms with Gasteiger partial charge in [0.15, 0.2) is 0 Å². The molecule has 0 aromatic rings. The number of halogens is 2. The van der Waals surface area contributed by atoms with Crippen LogP contribution in [0.5, 0.6) is 0 Å². The molecule has 0 saturated carbocycles. The Morgan fingerprint density at radius 3 is 2.56 bits per heavy atom. The van der Waals surface area contributed by atoms with Gasteiger partial charge in [-0.3, -0.25) is 4.90 Å². The van der Waals surface area contributed by atoms with Gasteiger partial charge in [0.1, 0.15) is 0 Å². The molecule has 0 bridgehead atoms. The minimum Gasteiger partial charge on any atom is -0.465 e. The van der Waals surface area contributed by atoms with E-state index in [1.54, 1.807) is 6.92 Å². The van der Waals surface area contributed by atoms with Gasteiger partial charge in [0, 0.05) is 39.0 Å². The molecule has 2 atom stereocenters. The van der Waals surface area contributed by atoms with E-state index in [1.165, 1.54) is 4.90 Å². The lowest BCUT2D eigenvalue weighted by atomic mass is 10.1. The Hall–Kier alpha value is -0.150. The van der Waals surface area contributed by atoms with Gasteiger partial charge in [-0.2, -0.15) is 0 Å². The molecule has 16 heavy (non-hydrogen) atoms. The monoisotopic (exact) mass is 445 g/mol. The van der Waals surface area contributed by atoms with Gasteiger partial charge in [0.05, 0.1) is 6.54 Å². The van der Waals surface area contributed by atoms with Crippen molar-refractivity contribution in [2.75, 3.05) is 13.1 Å². The van der Waals surface area contributed by atoms with Crippen LogP contribution >= 0.6 is 45.2 Å². The standard InChI is InChI=1S/C11H13I2NO2/c1-3-5-10(9(2)13)8-14(11(15)16)7-4-6-12/h9-10H,7-8H2,1-2H3,(H,15,16). The van der Waals surface area contributed by atoms with Crippen LogP contribution in [0.1, 0.15) is 13.8 Å². The maximum Gasteiger partial charge on any atom is 0.408 e. The average molecular weight is 445 g/mol. The largest absolute Gasteiger partial charge is 0.465 e. The quantitative estimate of drug-likeness (QED) is 0.411. The van der Waals surface area contributed by atoms with Crippen LogP contribution in [0, 0.1) is 27.6 Å². The lowest BCUT2D eigenvalue weighted by molar-refractivity contribution is 0.147. The van der Waals surface area contributed by atoms with Gasteiger partial charge in [0.2, 0.25) is 0 Å². The van der Waals surface area contributed by atoms with Crippen molar-refractivity contribution in [3.63, 3.8) is 0 Å². The van der Waals surface area contributed by atoms with Crippen molar-refractivity contribution in [1.82, 2.24) is 4.90 Å². The number of amides is 1. The van der Waals surface area contributed by atoms with Crippen LogP contribution in [0.4, 0.5) is 4.79 Å². The molecule has 5 heteroatoms. The highest BCUT2D eigenvalue weighted by atomic mass is 127. The predicted octanol–water partition coefficient (Wildman–Crippen LogP) is 2.83. The lowest BCUT2D eigenvalue weighted by Gasteiger charge is -2.22. The zero-order valence-electron chi connectivity index (χ0n) is 9.13. The summed E-state index contributed by atoms with van der Waals surface area (Å²) in [5.74, 6) is 8.67. The van der Waals surface area contributed by atoms with Crippen molar-refractivity contribution in [2.45, 2.75) is 17.8 Å². The maximum absolute atomic E-state index is 11.0. The third-order valence-electron chi connectivity index (χ3n) is 1.91. The molecular formula is C11H13I2NO2. The molecule has 0 radical (unpaired) electrons. The molecular weight excluding hydrogens is 432 g/mol. The number of hydrogen-bond acceptors (Lipinski definition) is 1. The number of nitrogens with zero attached hydrogens (tertiary/aromatic N) is 1. The van der Waals surface area contributed by atoms with E-state index in [4.69, 9.17) is 5.11 Å². The molecule has 0 saturated heterocycles. The first-order valence-electron chi connectivity index (χ1n) is 4.65. The summed E-state index contributed by atoms with van der Waals surface area (Å²) in [5, 5.41) is 9.00. The minimum atomic E-state index is -0.945. The molecule has 1 N–H and O–H groups in total. The molecule has 0 heterocycles. The van der Waals surface area contributed by atoms with Crippen molar-refractivity contribution in [3.8, 4) is 21.7 Å². The highest BCUT2D eigenvalue weighted by Crippen LogP contribution is 2.14. The van der Waals surface area contributed by atoms with E-state index in [0.717, 1.165) is 0 Å². The van der Waals surface area contributed by atoms with Gasteiger partial charge in [-0.05, 0) is 10.9 Å². The second-order valence-electron chi connectivity index (χ2n) is 3.11. The summed E-state index contributed by atoms with van der Waals surface area (Å²) in [6, 6.07) is 0. The highest BCUT2D eigenvalue weighted by molar-refractivity contribution is 14.1. The fraction of sp³-hybridized carbons (Fsp3) is 0.545. The molecule has 0 fully saturated rings. The molecule has 1 amide bonds. The van der Waals surface area contributed by atoms with Crippen molar-refractivity contribution in [3.05, 3.63) is 0 Å². The van der Waals surface area contributed by atoms with E-state index in [9.17, 15) is 4.79 Å². The van der Waals surface area contributed by atoms with Crippen LogP contribution in [0.25, 0.3) is 0 Å². The summed E-state index contributed by atoms with van der Waals surface area (Å²) < 4.78 is 2.97. The predicted molar refractivity (Wildman–Crippen MR) is 81.8 cm³/mol. The fourth-order valence-electron chi connectivity index (χ4n) is 1.06. The van der Waals surface area contributed by atoms with Crippen LogP contribution in [0.3, 0.4) is 0 Å². The first-order chi connectivity index (χ1) is 7.52. The van der Waals surface area contributed by atoms with Gasteiger partial charge in [-0.25, -0.2) is 4.79 Å². The summed E-state index contributed by atoms with van der Waals surface area (Å²) in [7, 11) is 0. The average Bonchev–Trinajstić information content (AvgIpc) is 2.21. The van der Waals surface area contributed by atoms with Crippen molar-refractivity contribution >= 4 is 51.3 Å². The molecule has 3 nitrogen and oxygen atoms in total. The van der Waals surface area contributed by atoms with E-state index < -0.39 is 6.09 Å². The molecule has 0 aromatic carbocycles. The zero-order valence-corrected chi connectivity index (χ0v) is 13.4. The van der Waals surface area contributed by atoms with Crippen molar-refractivity contribution in [2.24, 2.45) is 5.92 Å². The normalized spacial score (nSPS) is 12.5. The van der Waals surface area contributed by atoms with Gasteiger partial charge in [-0.1, -0.05) is 41.4 Å². The molecule has 2 unspecified atom stereocenters. The molecule has 0 aromatic heterocycles. The summed E-state index contributed by atoms with van der Waals surface area (Å²) in [4.78, 5) is 12.3. The summed E-state index contributed by atoms with van der Waals surface area (Å²) in [6.07, 6.45) is -0.945. The third-order valence-corrected chi connectivity index (χ3v) is 3.16. The van der Waals surface area contributed by atoms with Gasteiger partial charge >= 0.3 is 6.09 Å². The summed E-state index contributed by atoms with van der Waals surface area (Å²) in [5.41, 5.74) is 0. The molecule has 0 aliphatic rings. The van der Waals surface area contributed by atoms with E-state index in [-0.39, 0.29) is 12.5 Å². The van der Waals surface area contributed by atoms with Crippen LogP contribution in [-0.4, -0.2) is 33.1 Å². The molecule has 0 spiro atoms. The number of rotatable bonds is 4. The van der Waals surface area contributed by atoms with E-state index >= 15 is 0 Å². The fourth-order valence-corrected chi connectivity index (χ4v) is 1.64. The molecule has 0 aliphatic carbocycles. The smallest absolute Gasteiger partial charge is 0.408 e. The van der Waals surface area contributed by atoms with Gasteiger partial charge in [-0.15, -0.1) is 5.92 Å². The molecule has 0 rings (SSSR count). The van der Waals surface area contributed by atoms with Crippen LogP contribution in [0.15, 0.2) is 0 Å². The number of hydrogen-bond donors (Lipinski definition) is 1. The van der Waals surface area contributed by atoms with Gasteiger partial charge in [0.25, 0.3) is 0 Å². The number of carboxylic acid groups (broad SMARTS) is 1. The topological polar surface area (TPSA) is 40.5 Å². The molecule has 88 valence electrons. The minimum absolute atomic E-state index is 0.0534. The summed E-state index contributed by atoms with van der Waals surface area (Å²) >= 11 is 4.16. The Kier molecular flexibility index (Phi) is 8.86. The van der Waals surface area contributed by atoms with Gasteiger partial charge < -0.3 is 5.11 Å². The number of carbonyl (C=O) groups is 1. The third kappa shape index (κ3) is 6.44. The SMILES string of the molecule is CC#CC(CN(CC#CI)C(=O)O)C(C)I. The van der Waals surface area contributed by atoms with Crippen LogP contribution in [-0.2, 0) is 0 Å². The van der Waals surface area contributed by atoms with Crippen LogP contribution < -0.4 is 0 Å². The van der Waals surface area contributed by atoms with E-state index in [1.807, 2.05) is 29.5 Å². The Morgan fingerprint density at radius 2 is 2.19 bits per heavy atom. The second-order valence-corrected chi connectivity index (χ2v) is 5.62.